The molecule has 0 aliphatic heterocycles. The molecule has 0 unspecified atom stereocenters. The highest BCUT2D eigenvalue weighted by Crippen LogP contribution is 2.27. The summed E-state index contributed by atoms with van der Waals surface area (Å²) in [5.41, 5.74) is 2.81. The predicted octanol–water partition coefficient (Wildman–Crippen LogP) is 5.53. The van der Waals surface area contributed by atoms with E-state index in [1.165, 1.54) is 47.6 Å². The van der Waals surface area contributed by atoms with Gasteiger partial charge in [-0.3, -0.25) is 0 Å². The lowest BCUT2D eigenvalue weighted by Crippen LogP contribution is -1.91. The Morgan fingerprint density at radius 1 is 0.737 bits per heavy atom. The normalized spacial score (nSPS) is 16.0. The van der Waals surface area contributed by atoms with Crippen molar-refractivity contribution in [3.63, 3.8) is 0 Å². The van der Waals surface area contributed by atoms with Crippen LogP contribution in [0.5, 0.6) is 0 Å². The maximum atomic E-state index is 2.27. The summed E-state index contributed by atoms with van der Waals surface area (Å²) in [6.45, 7) is 0. The van der Waals surface area contributed by atoms with E-state index < -0.39 is 0 Å². The van der Waals surface area contributed by atoms with Gasteiger partial charge in [0, 0.05) is 0 Å². The largest absolute Gasteiger partial charge is 0.0885 e. The van der Waals surface area contributed by atoms with Gasteiger partial charge < -0.3 is 0 Å². The lowest BCUT2D eigenvalue weighted by atomic mass is 9.93. The highest BCUT2D eigenvalue weighted by atomic mass is 14.1. The van der Waals surface area contributed by atoms with Crippen LogP contribution in [0.15, 0.2) is 54.6 Å². The van der Waals surface area contributed by atoms with Crippen LogP contribution in [0, 0.1) is 0 Å². The van der Waals surface area contributed by atoms with Gasteiger partial charge in [0.25, 0.3) is 0 Å². The van der Waals surface area contributed by atoms with E-state index in [0.29, 0.717) is 0 Å². The molecule has 0 saturated heterocycles. The highest BCUT2D eigenvalue weighted by molar-refractivity contribution is 5.94. The molecule has 0 radical (unpaired) electrons. The van der Waals surface area contributed by atoms with Crippen LogP contribution in [0.25, 0.3) is 16.8 Å². The van der Waals surface area contributed by atoms with Gasteiger partial charge in [-0.25, -0.2) is 0 Å². The van der Waals surface area contributed by atoms with Crippen molar-refractivity contribution in [2.45, 2.75) is 32.1 Å². The standard InChI is InChI=1S/C13H10.C6H10/c1-4-10-6-2-8-12-9-3-7-11(5-1)13(10)12;1-2-4-6-5-3-1/h1-8H,9H2;1-2H,3-6H2. The third kappa shape index (κ3) is 2.78. The van der Waals surface area contributed by atoms with Crippen molar-refractivity contribution in [1.29, 1.82) is 0 Å². The molecule has 2 aliphatic rings. The molecule has 0 heterocycles. The molecule has 0 spiro atoms. The van der Waals surface area contributed by atoms with Crippen molar-refractivity contribution in [2.75, 3.05) is 0 Å². The van der Waals surface area contributed by atoms with Gasteiger partial charge in [-0.05, 0) is 54.0 Å². The van der Waals surface area contributed by atoms with E-state index in [0.717, 1.165) is 6.42 Å². The Morgan fingerprint density at radius 3 is 2.16 bits per heavy atom. The zero-order chi connectivity index (χ0) is 12.9. The molecule has 0 saturated carbocycles. The van der Waals surface area contributed by atoms with E-state index in [2.05, 4.69) is 60.7 Å². The van der Waals surface area contributed by atoms with Crippen molar-refractivity contribution in [1.82, 2.24) is 0 Å². The fourth-order valence-corrected chi connectivity index (χ4v) is 2.83. The lowest BCUT2D eigenvalue weighted by Gasteiger charge is -2.11. The number of hydrogen-bond acceptors (Lipinski definition) is 0. The molecule has 2 aromatic rings. The van der Waals surface area contributed by atoms with Crippen LogP contribution in [-0.4, -0.2) is 0 Å². The van der Waals surface area contributed by atoms with Crippen molar-refractivity contribution >= 4 is 16.8 Å². The van der Waals surface area contributed by atoms with E-state index in [-0.39, 0.29) is 0 Å². The average Bonchev–Trinajstić information content (AvgIpc) is 2.51. The molecule has 0 bridgehead atoms. The second kappa shape index (κ2) is 5.88. The van der Waals surface area contributed by atoms with Gasteiger partial charge in [-0.2, -0.15) is 0 Å². The summed E-state index contributed by atoms with van der Waals surface area (Å²) in [5.74, 6) is 0. The van der Waals surface area contributed by atoms with Crippen molar-refractivity contribution < 1.29 is 0 Å². The second-order valence-corrected chi connectivity index (χ2v) is 5.22. The quantitative estimate of drug-likeness (QED) is 0.538. The summed E-state index contributed by atoms with van der Waals surface area (Å²) >= 11 is 0. The first-order chi connectivity index (χ1) is 9.45. The van der Waals surface area contributed by atoms with Crippen LogP contribution in [0.4, 0.5) is 0 Å². The van der Waals surface area contributed by atoms with E-state index in [9.17, 15) is 0 Å². The molecule has 19 heavy (non-hydrogen) atoms. The molecule has 2 aromatic carbocycles. The number of hydrogen-bond donors (Lipinski definition) is 0. The van der Waals surface area contributed by atoms with Crippen molar-refractivity contribution in [3.05, 3.63) is 65.8 Å². The first-order valence-corrected chi connectivity index (χ1v) is 7.27. The summed E-state index contributed by atoms with van der Waals surface area (Å²) in [4.78, 5) is 0. The molecule has 96 valence electrons. The first kappa shape index (κ1) is 12.2. The number of rotatable bonds is 0. The monoisotopic (exact) mass is 248 g/mol. The van der Waals surface area contributed by atoms with Crippen LogP contribution in [0.1, 0.15) is 36.8 Å². The van der Waals surface area contributed by atoms with Gasteiger partial charge in [0.05, 0.1) is 0 Å². The smallest absolute Gasteiger partial charge is 0.00763 e. The van der Waals surface area contributed by atoms with Crippen LogP contribution in [0.2, 0.25) is 0 Å². The maximum absolute atomic E-state index is 2.27. The zero-order valence-corrected chi connectivity index (χ0v) is 11.3. The first-order valence-electron chi connectivity index (χ1n) is 7.27. The predicted molar refractivity (Wildman–Crippen MR) is 84.3 cm³/mol. The molecule has 0 atom stereocenters. The Morgan fingerprint density at radius 2 is 1.47 bits per heavy atom. The Labute approximate surface area is 115 Å². The summed E-state index contributed by atoms with van der Waals surface area (Å²) in [6.07, 6.45) is 15.5. The van der Waals surface area contributed by atoms with Crippen LogP contribution in [0.3, 0.4) is 0 Å². The molecule has 4 rings (SSSR count). The summed E-state index contributed by atoms with van der Waals surface area (Å²) < 4.78 is 0. The van der Waals surface area contributed by atoms with Crippen molar-refractivity contribution in [3.8, 4) is 0 Å². The van der Waals surface area contributed by atoms with Gasteiger partial charge in [-0.1, -0.05) is 60.7 Å². The van der Waals surface area contributed by atoms with E-state index >= 15 is 0 Å². The van der Waals surface area contributed by atoms with Gasteiger partial charge in [0.2, 0.25) is 0 Å². The second-order valence-electron chi connectivity index (χ2n) is 5.22. The molecular weight excluding hydrogens is 228 g/mol. The summed E-state index contributed by atoms with van der Waals surface area (Å²) in [7, 11) is 0. The highest BCUT2D eigenvalue weighted by Gasteiger charge is 2.06. The van der Waals surface area contributed by atoms with Crippen molar-refractivity contribution in [2.24, 2.45) is 0 Å². The van der Waals surface area contributed by atoms with E-state index in [1.807, 2.05) is 0 Å². The topological polar surface area (TPSA) is 0 Å². The minimum Gasteiger partial charge on any atom is -0.0885 e. The SMILES string of the molecule is C1=CCCCC1.C1=Cc2cccc3cccc(c23)C1. The molecule has 0 heteroatoms. The summed E-state index contributed by atoms with van der Waals surface area (Å²) in [6, 6.07) is 13.0. The fraction of sp³-hybridized carbons (Fsp3) is 0.263. The average molecular weight is 248 g/mol. The van der Waals surface area contributed by atoms with Crippen LogP contribution < -0.4 is 0 Å². The van der Waals surface area contributed by atoms with E-state index in [1.54, 1.807) is 0 Å². The lowest BCUT2D eigenvalue weighted by molar-refractivity contribution is 0.730. The molecule has 0 aromatic heterocycles. The van der Waals surface area contributed by atoms with Crippen LogP contribution in [-0.2, 0) is 6.42 Å². The zero-order valence-electron chi connectivity index (χ0n) is 11.3. The third-order valence-electron chi connectivity index (χ3n) is 3.82. The molecular formula is C19H20. The third-order valence-corrected chi connectivity index (χ3v) is 3.82. The minimum atomic E-state index is 1.08. The number of benzene rings is 2. The van der Waals surface area contributed by atoms with Gasteiger partial charge in [-0.15, -0.1) is 0 Å². The van der Waals surface area contributed by atoms with E-state index in [4.69, 9.17) is 0 Å². The van der Waals surface area contributed by atoms with Gasteiger partial charge in [0.15, 0.2) is 0 Å². The summed E-state index contributed by atoms with van der Waals surface area (Å²) in [5, 5.41) is 2.80. The van der Waals surface area contributed by atoms with Gasteiger partial charge >= 0.3 is 0 Å². The molecule has 0 fully saturated rings. The Bertz CT molecular complexity index is 604. The maximum Gasteiger partial charge on any atom is -0.00763 e. The Balaban J connectivity index is 0.000000155. The Kier molecular flexibility index (Phi) is 3.78. The molecule has 0 nitrogen and oxygen atoms in total. The molecule has 0 amide bonds. The number of allylic oxidation sites excluding steroid dienone is 3. The molecule has 2 aliphatic carbocycles. The fourth-order valence-electron chi connectivity index (χ4n) is 2.83. The van der Waals surface area contributed by atoms with Crippen LogP contribution >= 0.6 is 0 Å². The Hall–Kier alpha value is -1.82. The van der Waals surface area contributed by atoms with Gasteiger partial charge in [0.1, 0.15) is 0 Å². The minimum absolute atomic E-state index is 1.08. The molecule has 0 N–H and O–H groups in total.